The van der Waals surface area contributed by atoms with Gasteiger partial charge in [0.2, 0.25) is 0 Å². The van der Waals surface area contributed by atoms with E-state index in [1.165, 1.54) is 0 Å². The maximum absolute atomic E-state index is 6.34. The Kier molecular flexibility index (Phi) is 5.56. The molecule has 0 radical (unpaired) electrons. The average Bonchev–Trinajstić information content (AvgIpc) is 2.71. The zero-order chi connectivity index (χ0) is 12.9. The van der Waals surface area contributed by atoms with Gasteiger partial charge in [-0.3, -0.25) is 0 Å². The van der Waals surface area contributed by atoms with Gasteiger partial charge in [0.15, 0.2) is 0 Å². The van der Waals surface area contributed by atoms with E-state index in [0.717, 1.165) is 30.0 Å². The molecule has 3 nitrogen and oxygen atoms in total. The lowest BCUT2D eigenvalue weighted by molar-refractivity contribution is -0.0633. The smallest absolute Gasteiger partial charge is 0.0944 e. The number of hydrogen-bond acceptors (Lipinski definition) is 4. The summed E-state index contributed by atoms with van der Waals surface area (Å²) in [6, 6.07) is 0.0167. The highest BCUT2D eigenvalue weighted by molar-refractivity contribution is 7.09. The van der Waals surface area contributed by atoms with Crippen molar-refractivity contribution in [2.75, 3.05) is 6.61 Å². The summed E-state index contributed by atoms with van der Waals surface area (Å²) in [6.45, 7) is 9.05. The normalized spacial score (nSPS) is 13.9. The van der Waals surface area contributed by atoms with Gasteiger partial charge < -0.3 is 10.5 Å². The molecule has 4 heteroatoms. The summed E-state index contributed by atoms with van der Waals surface area (Å²) in [4.78, 5) is 4.48. The molecule has 1 aromatic rings. The van der Waals surface area contributed by atoms with Crippen LogP contribution in [0, 0.1) is 6.92 Å². The molecule has 2 N–H and O–H groups in total. The summed E-state index contributed by atoms with van der Waals surface area (Å²) in [7, 11) is 0. The first-order chi connectivity index (χ1) is 8.07. The Balaban J connectivity index is 2.74. The van der Waals surface area contributed by atoms with Gasteiger partial charge in [-0.05, 0) is 26.7 Å². The van der Waals surface area contributed by atoms with Crippen molar-refractivity contribution >= 4 is 11.3 Å². The van der Waals surface area contributed by atoms with Crippen LogP contribution in [-0.4, -0.2) is 23.2 Å². The van der Waals surface area contributed by atoms with E-state index in [2.05, 4.69) is 24.2 Å². The van der Waals surface area contributed by atoms with Crippen LogP contribution in [0.3, 0.4) is 0 Å². The summed E-state index contributed by atoms with van der Waals surface area (Å²) >= 11 is 1.69. The summed E-state index contributed by atoms with van der Waals surface area (Å²) < 4.78 is 5.92. The molecule has 0 aromatic carbocycles. The second kappa shape index (κ2) is 6.47. The lowest BCUT2D eigenvalue weighted by atomic mass is 9.87. The number of aromatic nitrogens is 1. The number of thiazole rings is 1. The third-order valence-corrected chi connectivity index (χ3v) is 4.35. The molecule has 1 atom stereocenters. The fourth-order valence-electron chi connectivity index (χ4n) is 2.24. The minimum absolute atomic E-state index is 0.0167. The molecule has 0 aliphatic rings. The van der Waals surface area contributed by atoms with Crippen molar-refractivity contribution in [3.05, 3.63) is 16.1 Å². The lowest BCUT2D eigenvalue weighted by Crippen LogP contribution is -2.50. The van der Waals surface area contributed by atoms with Gasteiger partial charge >= 0.3 is 0 Å². The predicted molar refractivity (Wildman–Crippen MR) is 73.5 cm³/mol. The molecule has 0 saturated heterocycles. The van der Waals surface area contributed by atoms with Crippen LogP contribution in [0.5, 0.6) is 0 Å². The number of ether oxygens (including phenoxy) is 1. The van der Waals surface area contributed by atoms with E-state index in [1.807, 2.05) is 13.8 Å². The standard InChI is InChI=1S/C13H24N2OS/c1-5-13(6-2,16-7-3)11(14)8-12-15-10(4)9-17-12/h9,11H,5-8,14H2,1-4H3. The van der Waals surface area contributed by atoms with Crippen LogP contribution in [0.15, 0.2) is 5.38 Å². The highest BCUT2D eigenvalue weighted by Crippen LogP contribution is 2.26. The monoisotopic (exact) mass is 256 g/mol. The topological polar surface area (TPSA) is 48.1 Å². The number of aryl methyl sites for hydroxylation is 1. The SMILES string of the molecule is CCOC(CC)(CC)C(N)Cc1nc(C)cs1. The van der Waals surface area contributed by atoms with Crippen LogP contribution in [0.4, 0.5) is 0 Å². The minimum Gasteiger partial charge on any atom is -0.374 e. The van der Waals surface area contributed by atoms with Crippen molar-refractivity contribution in [3.63, 3.8) is 0 Å². The van der Waals surface area contributed by atoms with E-state index in [1.54, 1.807) is 11.3 Å². The van der Waals surface area contributed by atoms with Crippen LogP contribution >= 0.6 is 11.3 Å². The van der Waals surface area contributed by atoms with Crippen molar-refractivity contribution in [1.29, 1.82) is 0 Å². The third kappa shape index (κ3) is 3.50. The molecule has 1 unspecified atom stereocenters. The quantitative estimate of drug-likeness (QED) is 0.816. The molecular weight excluding hydrogens is 232 g/mol. The predicted octanol–water partition coefficient (Wildman–Crippen LogP) is 2.92. The molecule has 0 aliphatic carbocycles. The van der Waals surface area contributed by atoms with E-state index in [-0.39, 0.29) is 11.6 Å². The molecule has 17 heavy (non-hydrogen) atoms. The van der Waals surface area contributed by atoms with Crippen LogP contribution in [0.25, 0.3) is 0 Å². The van der Waals surface area contributed by atoms with E-state index in [0.29, 0.717) is 6.61 Å². The average molecular weight is 256 g/mol. The molecular formula is C13H24N2OS. The number of nitrogens with two attached hydrogens (primary N) is 1. The number of nitrogens with zero attached hydrogens (tertiary/aromatic N) is 1. The fourth-order valence-corrected chi connectivity index (χ4v) is 3.08. The maximum Gasteiger partial charge on any atom is 0.0944 e. The van der Waals surface area contributed by atoms with Crippen LogP contribution in [-0.2, 0) is 11.2 Å². The lowest BCUT2D eigenvalue weighted by Gasteiger charge is -2.37. The first kappa shape index (κ1) is 14.6. The minimum atomic E-state index is -0.200. The summed E-state index contributed by atoms with van der Waals surface area (Å²) in [5, 5.41) is 3.18. The Morgan fingerprint density at radius 3 is 2.47 bits per heavy atom. The Bertz CT molecular complexity index is 334. The molecule has 1 aromatic heterocycles. The van der Waals surface area contributed by atoms with Gasteiger partial charge in [0.25, 0.3) is 0 Å². The molecule has 1 rings (SSSR count). The molecule has 98 valence electrons. The van der Waals surface area contributed by atoms with Gasteiger partial charge in [-0.15, -0.1) is 11.3 Å². The zero-order valence-corrected chi connectivity index (χ0v) is 12.1. The van der Waals surface area contributed by atoms with E-state index in [4.69, 9.17) is 10.5 Å². The Labute approximate surface area is 108 Å². The highest BCUT2D eigenvalue weighted by atomic mass is 32.1. The first-order valence-corrected chi connectivity index (χ1v) is 7.26. The third-order valence-electron chi connectivity index (χ3n) is 3.37. The van der Waals surface area contributed by atoms with Crippen LogP contribution in [0.2, 0.25) is 0 Å². The van der Waals surface area contributed by atoms with E-state index < -0.39 is 0 Å². The zero-order valence-electron chi connectivity index (χ0n) is 11.3. The molecule has 0 amide bonds. The van der Waals surface area contributed by atoms with Crippen molar-refractivity contribution in [3.8, 4) is 0 Å². The summed E-state index contributed by atoms with van der Waals surface area (Å²) in [5.74, 6) is 0. The first-order valence-electron chi connectivity index (χ1n) is 6.38. The maximum atomic E-state index is 6.34. The van der Waals surface area contributed by atoms with Crippen molar-refractivity contribution in [2.45, 2.75) is 58.6 Å². The molecule has 0 saturated carbocycles. The second-order valence-electron chi connectivity index (χ2n) is 4.40. The van der Waals surface area contributed by atoms with Crippen LogP contribution in [0.1, 0.15) is 44.3 Å². The van der Waals surface area contributed by atoms with E-state index in [9.17, 15) is 0 Å². The molecule has 0 aliphatic heterocycles. The molecule has 0 spiro atoms. The number of hydrogen-bond donors (Lipinski definition) is 1. The molecule has 1 heterocycles. The second-order valence-corrected chi connectivity index (χ2v) is 5.34. The van der Waals surface area contributed by atoms with Gasteiger partial charge in [-0.2, -0.15) is 0 Å². The Morgan fingerprint density at radius 1 is 1.41 bits per heavy atom. The fraction of sp³-hybridized carbons (Fsp3) is 0.769. The van der Waals surface area contributed by atoms with E-state index >= 15 is 0 Å². The Morgan fingerprint density at radius 2 is 2.06 bits per heavy atom. The van der Waals surface area contributed by atoms with Crippen molar-refractivity contribution in [1.82, 2.24) is 4.98 Å². The van der Waals surface area contributed by atoms with Gasteiger partial charge in [-0.25, -0.2) is 4.98 Å². The van der Waals surface area contributed by atoms with Crippen molar-refractivity contribution < 1.29 is 4.74 Å². The number of rotatable bonds is 7. The molecule has 0 fully saturated rings. The molecule has 0 bridgehead atoms. The van der Waals surface area contributed by atoms with Gasteiger partial charge in [0, 0.05) is 30.1 Å². The summed E-state index contributed by atoms with van der Waals surface area (Å²) in [5.41, 5.74) is 7.22. The largest absolute Gasteiger partial charge is 0.374 e. The highest BCUT2D eigenvalue weighted by Gasteiger charge is 2.34. The van der Waals surface area contributed by atoms with Gasteiger partial charge in [0.1, 0.15) is 0 Å². The Hall–Kier alpha value is -0.450. The van der Waals surface area contributed by atoms with Crippen LogP contribution < -0.4 is 5.73 Å². The van der Waals surface area contributed by atoms with Gasteiger partial charge in [0.05, 0.1) is 10.6 Å². The summed E-state index contributed by atoms with van der Waals surface area (Å²) in [6.07, 6.45) is 2.70. The van der Waals surface area contributed by atoms with Crippen molar-refractivity contribution in [2.24, 2.45) is 5.73 Å². The van der Waals surface area contributed by atoms with Gasteiger partial charge in [-0.1, -0.05) is 13.8 Å².